The Balaban J connectivity index is 1.24. The van der Waals surface area contributed by atoms with Gasteiger partial charge in [0.05, 0.1) is 17.8 Å². The van der Waals surface area contributed by atoms with Crippen molar-refractivity contribution in [1.29, 1.82) is 0 Å². The van der Waals surface area contributed by atoms with Gasteiger partial charge in [-0.15, -0.1) is 0 Å². The fraction of sp³-hybridized carbons (Fsp3) is 0.481. The van der Waals surface area contributed by atoms with E-state index in [4.69, 9.17) is 29.6 Å². The molecule has 9 unspecified atom stereocenters. The highest BCUT2D eigenvalue weighted by molar-refractivity contribution is 5.93. The van der Waals surface area contributed by atoms with Crippen molar-refractivity contribution < 1.29 is 44.2 Å². The Hall–Kier alpha value is -5.96. The second kappa shape index (κ2) is 16.6. The molecule has 11 rings (SSSR count). The topological polar surface area (TPSA) is 231 Å². The molecule has 0 radical (unpaired) electrons. The maximum Gasteiger partial charge on any atom is 0.337 e. The van der Waals surface area contributed by atoms with E-state index in [9.17, 15) is 30.3 Å². The highest BCUT2D eigenvalue weighted by Gasteiger charge is 2.58. The van der Waals surface area contributed by atoms with Crippen LogP contribution < -0.4 is 21.2 Å². The molecule has 0 saturated heterocycles. The van der Waals surface area contributed by atoms with E-state index in [0.29, 0.717) is 74.0 Å². The molecule has 6 aliphatic rings. The number of aliphatic hydroxyl groups is 3. The Morgan fingerprint density at radius 1 is 0.971 bits per heavy atom. The number of aliphatic hydroxyl groups excluding tert-OH is 2. The number of aromatic hydroxyl groups is 2. The molecule has 1 saturated carbocycles. The molecule has 2 aliphatic heterocycles. The Morgan fingerprint density at radius 3 is 2.59 bits per heavy atom. The Morgan fingerprint density at radius 2 is 1.79 bits per heavy atom. The summed E-state index contributed by atoms with van der Waals surface area (Å²) in [6.45, 7) is 5.57. The lowest BCUT2D eigenvalue weighted by atomic mass is 9.62. The number of carbonyl (C=O) groups excluding carboxylic acids is 1. The first-order chi connectivity index (χ1) is 32.8. The number of nitrogens with two attached hydrogens (primary N) is 1. The van der Waals surface area contributed by atoms with Crippen LogP contribution in [0.25, 0.3) is 11.0 Å². The number of esters is 1. The van der Waals surface area contributed by atoms with Gasteiger partial charge in [-0.25, -0.2) is 14.8 Å². The molecular formula is C54H60N4O10. The van der Waals surface area contributed by atoms with Gasteiger partial charge >= 0.3 is 5.97 Å². The molecule has 4 aliphatic carbocycles. The normalized spacial score (nSPS) is 29.2. The highest BCUT2D eigenvalue weighted by atomic mass is 16.6. The van der Waals surface area contributed by atoms with Gasteiger partial charge in [0, 0.05) is 65.9 Å². The monoisotopic (exact) mass is 924 g/mol. The smallest absolute Gasteiger partial charge is 0.337 e. The van der Waals surface area contributed by atoms with E-state index < -0.39 is 65.4 Å². The Kier molecular flexibility index (Phi) is 10.9. The number of aryl methyl sites for hydroxylation is 2. The first-order valence-corrected chi connectivity index (χ1v) is 24.4. The highest BCUT2D eigenvalue weighted by Crippen LogP contribution is 2.60. The minimum atomic E-state index is -1.37. The molecule has 9 atom stereocenters. The quantitative estimate of drug-likeness (QED) is 0.0842. The summed E-state index contributed by atoms with van der Waals surface area (Å²) in [7, 11) is 0. The van der Waals surface area contributed by atoms with Gasteiger partial charge in [-0.1, -0.05) is 11.6 Å². The van der Waals surface area contributed by atoms with Crippen molar-refractivity contribution in [2.24, 2.45) is 17.8 Å². The number of aromatic nitrogens is 2. The number of benzene rings is 2. The van der Waals surface area contributed by atoms with Crippen LogP contribution in [0.1, 0.15) is 134 Å². The molecule has 356 valence electrons. The summed E-state index contributed by atoms with van der Waals surface area (Å²) in [5.41, 5.74) is 10.8. The number of hydrogen-bond acceptors (Lipinski definition) is 14. The van der Waals surface area contributed by atoms with Crippen LogP contribution in [0.2, 0.25) is 0 Å². The number of phenols is 2. The van der Waals surface area contributed by atoms with Crippen LogP contribution in [0.3, 0.4) is 0 Å². The number of rotatable bonds is 6. The van der Waals surface area contributed by atoms with Gasteiger partial charge in [0.1, 0.15) is 63.9 Å². The second-order valence-electron chi connectivity index (χ2n) is 20.5. The number of fused-ring (bicyclic) bond motifs is 10. The number of pyridine rings is 2. The number of carbonyl (C=O) groups is 1. The Bertz CT molecular complexity index is 2980. The van der Waals surface area contributed by atoms with Crippen molar-refractivity contribution in [1.82, 2.24) is 9.97 Å². The maximum absolute atomic E-state index is 15.2. The van der Waals surface area contributed by atoms with Gasteiger partial charge in [-0.05, 0) is 155 Å². The summed E-state index contributed by atoms with van der Waals surface area (Å²) in [4.78, 5) is 39.2. The minimum Gasteiger partial charge on any atom is -0.508 e. The van der Waals surface area contributed by atoms with Gasteiger partial charge in [0.15, 0.2) is 5.43 Å². The third kappa shape index (κ3) is 6.75. The van der Waals surface area contributed by atoms with E-state index in [1.165, 1.54) is 0 Å². The predicted molar refractivity (Wildman–Crippen MR) is 254 cm³/mol. The number of phenolic OH excluding ortho intramolecular Hbond substituents is 2. The maximum atomic E-state index is 15.2. The third-order valence-electron chi connectivity index (χ3n) is 17.1. The fourth-order valence-corrected chi connectivity index (χ4v) is 13.9. The Labute approximate surface area is 394 Å². The van der Waals surface area contributed by atoms with Crippen LogP contribution in [0.4, 0.5) is 11.6 Å². The van der Waals surface area contributed by atoms with Crippen molar-refractivity contribution in [3.63, 3.8) is 0 Å². The van der Waals surface area contributed by atoms with Crippen molar-refractivity contribution in [2.75, 3.05) is 24.2 Å². The number of anilines is 2. The zero-order valence-electron chi connectivity index (χ0n) is 38.8. The molecule has 4 bridgehead atoms. The molecule has 68 heavy (non-hydrogen) atoms. The van der Waals surface area contributed by atoms with Gasteiger partial charge in [0.2, 0.25) is 0 Å². The summed E-state index contributed by atoms with van der Waals surface area (Å²) in [6, 6.07) is 10.4. The SMILES string of the molecule is CCNc1cc2c(cn1)CC1C(CC2)C2CCc3ccc(O)cc3C(CO)C(c3ccnc(N)c32)c2c3c(c(O)c4c(=O)cc(CO)oc24)CC(OC(=O)C2=C(C)CCC4CCCC24O)C1(C)O3. The molecule has 0 spiro atoms. The number of nitrogens with one attached hydrogen (secondary N) is 1. The third-order valence-corrected chi connectivity index (χ3v) is 17.1. The molecule has 5 aromatic rings. The zero-order valence-corrected chi connectivity index (χ0v) is 38.8. The van der Waals surface area contributed by atoms with Crippen molar-refractivity contribution >= 4 is 28.6 Å². The first-order valence-electron chi connectivity index (χ1n) is 24.4. The molecule has 1 fully saturated rings. The molecule has 14 heteroatoms. The van der Waals surface area contributed by atoms with Gasteiger partial charge in [0.25, 0.3) is 0 Å². The standard InChI is InChI=1S/C54H60N4O10/c1-4-56-42-19-28-10-13-33-34-14-9-27-8-12-31(61)20-36(27)38(25-60)43(35-15-17-57-51(55)44(34)35)46-49-37(48(63)45-40(62)21-32(24-59)66-50(45)46)22-41(53(3,68-49)39(33)18-29(28)23-58-42)67-52(64)47-26(2)7-11-30-6-5-16-54(30,47)65/h8,12,15,17,19-21,23,30,33-34,38-39,41,43,59-61,63,65H,4-7,9-11,13-14,16,18,22,24-25H2,1-3H3,(H2,55,57)(H,56,58). The molecule has 2 aromatic carbocycles. The number of hydrogen-bond donors (Lipinski definition) is 7. The lowest BCUT2D eigenvalue weighted by molar-refractivity contribution is -0.171. The van der Waals surface area contributed by atoms with E-state index in [-0.39, 0.29) is 58.0 Å². The zero-order chi connectivity index (χ0) is 47.4. The van der Waals surface area contributed by atoms with Crippen LogP contribution in [0.5, 0.6) is 17.2 Å². The molecule has 5 heterocycles. The average Bonchev–Trinajstić information content (AvgIpc) is 3.62. The molecular weight excluding hydrogens is 865 g/mol. The number of nitrogen functional groups attached to an aromatic ring is 1. The van der Waals surface area contributed by atoms with Crippen LogP contribution in [-0.4, -0.2) is 71.9 Å². The minimum absolute atomic E-state index is 0.0137. The molecule has 14 nitrogen and oxygen atoms in total. The molecule has 8 N–H and O–H groups in total. The van der Waals surface area contributed by atoms with Crippen LogP contribution in [-0.2, 0) is 41.8 Å². The number of allylic oxidation sites excluding steroid dienone is 1. The van der Waals surface area contributed by atoms with Crippen molar-refractivity contribution in [2.45, 2.75) is 133 Å². The molecule has 3 aromatic heterocycles. The summed E-state index contributed by atoms with van der Waals surface area (Å²) < 4.78 is 21.1. The van der Waals surface area contributed by atoms with Crippen molar-refractivity contribution in [3.05, 3.63) is 120 Å². The lowest BCUT2D eigenvalue weighted by Crippen LogP contribution is -2.59. The van der Waals surface area contributed by atoms with E-state index in [2.05, 4.69) is 11.4 Å². The van der Waals surface area contributed by atoms with Crippen LogP contribution in [0, 0.1) is 17.8 Å². The van der Waals surface area contributed by atoms with E-state index in [0.717, 1.165) is 64.5 Å². The summed E-state index contributed by atoms with van der Waals surface area (Å²) >= 11 is 0. The van der Waals surface area contributed by atoms with E-state index >= 15 is 4.79 Å². The van der Waals surface area contributed by atoms with Crippen LogP contribution >= 0.6 is 0 Å². The number of nitrogens with zero attached hydrogens (tertiary/aromatic N) is 2. The van der Waals surface area contributed by atoms with Gasteiger partial charge in [-0.3, -0.25) is 4.79 Å². The van der Waals surface area contributed by atoms with Gasteiger partial charge < -0.3 is 50.5 Å². The molecule has 0 amide bonds. The predicted octanol–water partition coefficient (Wildman–Crippen LogP) is 7.12. The average molecular weight is 925 g/mol. The number of ether oxygens (including phenoxy) is 2. The van der Waals surface area contributed by atoms with Gasteiger partial charge in [-0.2, -0.15) is 0 Å². The first kappa shape index (κ1) is 44.5. The van der Waals surface area contributed by atoms with E-state index in [1.54, 1.807) is 18.3 Å². The summed E-state index contributed by atoms with van der Waals surface area (Å²) in [5.74, 6) is -2.46. The second-order valence-corrected chi connectivity index (χ2v) is 20.5. The summed E-state index contributed by atoms with van der Waals surface area (Å²) in [6.07, 6.45) is 8.90. The largest absolute Gasteiger partial charge is 0.508 e. The van der Waals surface area contributed by atoms with Crippen LogP contribution in [0.15, 0.2) is 69.1 Å². The lowest BCUT2D eigenvalue weighted by Gasteiger charge is -2.52. The van der Waals surface area contributed by atoms with E-state index in [1.807, 2.05) is 39.1 Å². The van der Waals surface area contributed by atoms with Crippen molar-refractivity contribution in [3.8, 4) is 17.2 Å². The summed E-state index contributed by atoms with van der Waals surface area (Å²) in [5, 5.41) is 61.7. The fourth-order valence-electron chi connectivity index (χ4n) is 13.9.